The summed E-state index contributed by atoms with van der Waals surface area (Å²) in [6.45, 7) is 8.10. The molecule has 72 valence electrons. The maximum Gasteiger partial charge on any atom is 0.0594 e. The highest BCUT2D eigenvalue weighted by Crippen LogP contribution is 2.32. The van der Waals surface area contributed by atoms with Crippen molar-refractivity contribution in [2.75, 3.05) is 20.6 Å². The monoisotopic (exact) mass is 170 g/mol. The fourth-order valence-electron chi connectivity index (χ4n) is 2.37. The summed E-state index contributed by atoms with van der Waals surface area (Å²) in [5.74, 6) is 0. The number of likely N-dealkylation sites (N-methyl/N-ethyl adjacent to an activating group) is 2. The number of nitrogens with zero attached hydrogens (tertiary/aromatic N) is 2. The zero-order valence-electron chi connectivity index (χ0n) is 9.09. The topological polar surface area (TPSA) is 6.48 Å². The van der Waals surface area contributed by atoms with Crippen LogP contribution in [0.25, 0.3) is 0 Å². The fourth-order valence-corrected chi connectivity index (χ4v) is 2.37. The van der Waals surface area contributed by atoms with Crippen LogP contribution >= 0.6 is 0 Å². The molecular formula is C10H22N2. The molecule has 2 nitrogen and oxygen atoms in total. The molecular weight excluding hydrogens is 148 g/mol. The second-order valence-electron chi connectivity index (χ2n) is 4.09. The van der Waals surface area contributed by atoms with Gasteiger partial charge < -0.3 is 0 Å². The molecule has 1 aliphatic rings. The van der Waals surface area contributed by atoms with Crippen LogP contribution < -0.4 is 0 Å². The molecule has 0 amide bonds. The highest BCUT2D eigenvalue weighted by molar-refractivity contribution is 4.97. The van der Waals surface area contributed by atoms with Gasteiger partial charge >= 0.3 is 0 Å². The van der Waals surface area contributed by atoms with E-state index in [0.29, 0.717) is 11.7 Å². The lowest BCUT2D eigenvalue weighted by atomic mass is 9.92. The van der Waals surface area contributed by atoms with Crippen molar-refractivity contribution in [3.05, 3.63) is 0 Å². The molecule has 1 saturated heterocycles. The van der Waals surface area contributed by atoms with Gasteiger partial charge in [0.05, 0.1) is 6.17 Å². The van der Waals surface area contributed by atoms with E-state index in [-0.39, 0.29) is 0 Å². The van der Waals surface area contributed by atoms with E-state index in [1.807, 2.05) is 0 Å². The predicted octanol–water partition coefficient (Wildman–Crippen LogP) is 1.77. The van der Waals surface area contributed by atoms with Crippen molar-refractivity contribution < 1.29 is 0 Å². The Balaban J connectivity index is 2.79. The standard InChI is InChI=1S/C10H22N2/c1-6-10(7-2)8-11(4)9(3)12(10)5/h9H,6-8H2,1-5H3. The molecule has 0 aromatic carbocycles. The molecule has 0 spiro atoms. The molecule has 0 aliphatic carbocycles. The first-order chi connectivity index (χ1) is 5.57. The Bertz CT molecular complexity index is 152. The Morgan fingerprint density at radius 3 is 1.92 bits per heavy atom. The van der Waals surface area contributed by atoms with Crippen LogP contribution in [0, 0.1) is 0 Å². The van der Waals surface area contributed by atoms with E-state index in [1.54, 1.807) is 0 Å². The van der Waals surface area contributed by atoms with Gasteiger partial charge in [0.25, 0.3) is 0 Å². The first-order valence-electron chi connectivity index (χ1n) is 5.00. The smallest absolute Gasteiger partial charge is 0.0594 e. The SMILES string of the molecule is CCC1(CC)CN(C)C(C)N1C. The van der Waals surface area contributed by atoms with E-state index < -0.39 is 0 Å². The zero-order chi connectivity index (χ0) is 9.35. The van der Waals surface area contributed by atoms with Crippen LogP contribution in [0.15, 0.2) is 0 Å². The van der Waals surface area contributed by atoms with Gasteiger partial charge in [-0.05, 0) is 33.9 Å². The number of rotatable bonds is 2. The molecule has 0 aromatic heterocycles. The third-order valence-corrected chi connectivity index (χ3v) is 3.81. The van der Waals surface area contributed by atoms with Crippen molar-refractivity contribution in [1.29, 1.82) is 0 Å². The summed E-state index contributed by atoms with van der Waals surface area (Å²) in [6, 6.07) is 0. The van der Waals surface area contributed by atoms with Crippen molar-refractivity contribution in [3.63, 3.8) is 0 Å². The van der Waals surface area contributed by atoms with E-state index in [4.69, 9.17) is 0 Å². The molecule has 0 radical (unpaired) electrons. The molecule has 1 unspecified atom stereocenters. The summed E-state index contributed by atoms with van der Waals surface area (Å²) in [5, 5.41) is 0. The van der Waals surface area contributed by atoms with Crippen molar-refractivity contribution >= 4 is 0 Å². The van der Waals surface area contributed by atoms with E-state index in [0.717, 1.165) is 0 Å². The molecule has 2 heteroatoms. The highest BCUT2D eigenvalue weighted by atomic mass is 15.4. The largest absolute Gasteiger partial charge is 0.289 e. The van der Waals surface area contributed by atoms with Gasteiger partial charge in [0.1, 0.15) is 0 Å². The van der Waals surface area contributed by atoms with Crippen molar-refractivity contribution in [2.24, 2.45) is 0 Å². The van der Waals surface area contributed by atoms with Crippen molar-refractivity contribution in [1.82, 2.24) is 9.80 Å². The summed E-state index contributed by atoms with van der Waals surface area (Å²) in [7, 11) is 4.47. The van der Waals surface area contributed by atoms with Gasteiger partial charge in [0, 0.05) is 12.1 Å². The Morgan fingerprint density at radius 2 is 1.75 bits per heavy atom. The second-order valence-corrected chi connectivity index (χ2v) is 4.09. The lowest BCUT2D eigenvalue weighted by molar-refractivity contribution is 0.123. The highest BCUT2D eigenvalue weighted by Gasteiger charge is 2.42. The second kappa shape index (κ2) is 3.35. The minimum atomic E-state index is 0.439. The molecule has 1 heterocycles. The normalized spacial score (nSPS) is 31.2. The molecule has 0 N–H and O–H groups in total. The van der Waals surface area contributed by atoms with Gasteiger partial charge in [0.2, 0.25) is 0 Å². The summed E-state index contributed by atoms with van der Waals surface area (Å²) in [6.07, 6.45) is 3.12. The van der Waals surface area contributed by atoms with Gasteiger partial charge in [-0.2, -0.15) is 0 Å². The third-order valence-electron chi connectivity index (χ3n) is 3.81. The van der Waals surface area contributed by atoms with Crippen LogP contribution in [0.1, 0.15) is 33.6 Å². The van der Waals surface area contributed by atoms with Gasteiger partial charge in [-0.25, -0.2) is 0 Å². The maximum absolute atomic E-state index is 2.52. The first kappa shape index (κ1) is 10.0. The molecule has 1 atom stereocenters. The molecule has 0 aromatic rings. The van der Waals surface area contributed by atoms with Crippen molar-refractivity contribution in [3.8, 4) is 0 Å². The van der Waals surface area contributed by atoms with Gasteiger partial charge in [-0.1, -0.05) is 13.8 Å². The number of hydrogen-bond donors (Lipinski definition) is 0. The van der Waals surface area contributed by atoms with Gasteiger partial charge in [-0.15, -0.1) is 0 Å². The molecule has 0 bridgehead atoms. The van der Waals surface area contributed by atoms with Gasteiger partial charge in [-0.3, -0.25) is 9.80 Å². The average Bonchev–Trinajstić information content (AvgIpc) is 2.30. The fraction of sp³-hybridized carbons (Fsp3) is 1.00. The minimum Gasteiger partial charge on any atom is -0.289 e. The quantitative estimate of drug-likeness (QED) is 0.623. The molecule has 1 rings (SSSR count). The Labute approximate surface area is 76.5 Å². The Hall–Kier alpha value is -0.0800. The van der Waals surface area contributed by atoms with Crippen LogP contribution in [0.4, 0.5) is 0 Å². The van der Waals surface area contributed by atoms with Crippen LogP contribution in [-0.2, 0) is 0 Å². The summed E-state index contributed by atoms with van der Waals surface area (Å²) >= 11 is 0. The van der Waals surface area contributed by atoms with Crippen LogP contribution in [0.5, 0.6) is 0 Å². The van der Waals surface area contributed by atoms with E-state index in [1.165, 1.54) is 19.4 Å². The maximum atomic E-state index is 2.52. The first-order valence-corrected chi connectivity index (χ1v) is 5.00. The van der Waals surface area contributed by atoms with E-state index >= 15 is 0 Å². The Morgan fingerprint density at radius 1 is 1.25 bits per heavy atom. The number of hydrogen-bond acceptors (Lipinski definition) is 2. The Kier molecular flexibility index (Phi) is 2.79. The lowest BCUT2D eigenvalue weighted by Crippen LogP contribution is -2.44. The van der Waals surface area contributed by atoms with E-state index in [9.17, 15) is 0 Å². The lowest BCUT2D eigenvalue weighted by Gasteiger charge is -2.34. The summed E-state index contributed by atoms with van der Waals surface area (Å²) in [5.41, 5.74) is 0.439. The summed E-state index contributed by atoms with van der Waals surface area (Å²) < 4.78 is 0. The average molecular weight is 170 g/mol. The van der Waals surface area contributed by atoms with Crippen LogP contribution in [-0.4, -0.2) is 42.1 Å². The predicted molar refractivity (Wildman–Crippen MR) is 53.2 cm³/mol. The molecule has 12 heavy (non-hydrogen) atoms. The third kappa shape index (κ3) is 1.27. The van der Waals surface area contributed by atoms with Crippen LogP contribution in [0.3, 0.4) is 0 Å². The van der Waals surface area contributed by atoms with Gasteiger partial charge in [0.15, 0.2) is 0 Å². The van der Waals surface area contributed by atoms with Crippen molar-refractivity contribution in [2.45, 2.75) is 45.3 Å². The molecule has 1 aliphatic heterocycles. The van der Waals surface area contributed by atoms with E-state index in [2.05, 4.69) is 44.7 Å². The zero-order valence-corrected chi connectivity index (χ0v) is 9.09. The van der Waals surface area contributed by atoms with Crippen LogP contribution in [0.2, 0.25) is 0 Å². The molecule has 0 saturated carbocycles. The molecule has 1 fully saturated rings. The minimum absolute atomic E-state index is 0.439. The summed E-state index contributed by atoms with van der Waals surface area (Å²) in [4.78, 5) is 4.96.